The van der Waals surface area contributed by atoms with E-state index in [-0.39, 0.29) is 17.6 Å². The van der Waals surface area contributed by atoms with Gasteiger partial charge in [-0.2, -0.15) is 5.10 Å². The lowest BCUT2D eigenvalue weighted by atomic mass is 10.1. The Bertz CT molecular complexity index is 709. The van der Waals surface area contributed by atoms with Gasteiger partial charge in [0.05, 0.1) is 18.1 Å². The van der Waals surface area contributed by atoms with E-state index in [2.05, 4.69) is 9.82 Å². The molecule has 2 atom stereocenters. The standard InChI is InChI=1S/C15H24N4O4S/c1-11-8-14(18(2)16-11)19-6-3-4-13(15(19)20)17-24(21,22)10-12-5-7-23-9-12/h8,12-13,17H,3-7,9-10H2,1-2H3/t12-,13-/m0/s1. The first kappa shape index (κ1) is 17.4. The van der Waals surface area contributed by atoms with Crippen LogP contribution in [0.4, 0.5) is 5.82 Å². The second-order valence-electron chi connectivity index (χ2n) is 6.58. The number of sulfonamides is 1. The second-order valence-corrected chi connectivity index (χ2v) is 8.38. The van der Waals surface area contributed by atoms with E-state index in [9.17, 15) is 13.2 Å². The second kappa shape index (κ2) is 6.81. The highest BCUT2D eigenvalue weighted by molar-refractivity contribution is 7.89. The molecule has 24 heavy (non-hydrogen) atoms. The number of aryl methyl sites for hydroxylation is 2. The Labute approximate surface area is 142 Å². The third-order valence-electron chi connectivity index (χ3n) is 4.49. The van der Waals surface area contributed by atoms with Gasteiger partial charge in [-0.3, -0.25) is 14.4 Å². The number of rotatable bonds is 5. The fraction of sp³-hybridized carbons (Fsp3) is 0.733. The van der Waals surface area contributed by atoms with Crippen molar-refractivity contribution in [2.75, 3.05) is 30.4 Å². The number of carbonyl (C=O) groups is 1. The van der Waals surface area contributed by atoms with E-state index in [0.29, 0.717) is 32.0 Å². The lowest BCUT2D eigenvalue weighted by Gasteiger charge is -2.32. The summed E-state index contributed by atoms with van der Waals surface area (Å²) in [5.41, 5.74) is 0.823. The maximum absolute atomic E-state index is 12.7. The quantitative estimate of drug-likeness (QED) is 0.812. The average Bonchev–Trinajstić information content (AvgIpc) is 3.10. The van der Waals surface area contributed by atoms with Crippen molar-refractivity contribution in [1.82, 2.24) is 14.5 Å². The smallest absolute Gasteiger partial charge is 0.246 e. The Hall–Kier alpha value is -1.45. The number of piperidine rings is 1. The normalized spacial score (nSPS) is 25.4. The molecule has 8 nitrogen and oxygen atoms in total. The molecule has 1 aromatic heterocycles. The molecular formula is C15H24N4O4S. The fourth-order valence-corrected chi connectivity index (χ4v) is 4.98. The molecule has 0 aromatic carbocycles. The number of carbonyl (C=O) groups excluding carboxylic acids is 1. The van der Waals surface area contributed by atoms with E-state index in [1.807, 2.05) is 13.0 Å². The number of nitrogens with zero attached hydrogens (tertiary/aromatic N) is 3. The zero-order valence-electron chi connectivity index (χ0n) is 14.1. The van der Waals surface area contributed by atoms with Crippen molar-refractivity contribution in [3.8, 4) is 0 Å². The fourth-order valence-electron chi connectivity index (χ4n) is 3.35. The monoisotopic (exact) mass is 356 g/mol. The highest BCUT2D eigenvalue weighted by Crippen LogP contribution is 2.22. The van der Waals surface area contributed by atoms with Crippen LogP contribution < -0.4 is 9.62 Å². The van der Waals surface area contributed by atoms with Crippen molar-refractivity contribution in [2.45, 2.75) is 32.2 Å². The Kier molecular flexibility index (Phi) is 4.93. The number of hydrogen-bond acceptors (Lipinski definition) is 5. The summed E-state index contributed by atoms with van der Waals surface area (Å²) in [5.74, 6) is 0.514. The molecule has 2 aliphatic rings. The predicted octanol–water partition coefficient (Wildman–Crippen LogP) is 0.180. The van der Waals surface area contributed by atoms with Gasteiger partial charge in [-0.05, 0) is 32.1 Å². The summed E-state index contributed by atoms with van der Waals surface area (Å²) in [5, 5.41) is 4.26. The zero-order chi connectivity index (χ0) is 17.3. The van der Waals surface area contributed by atoms with Crippen LogP contribution in [-0.2, 0) is 26.6 Å². The molecule has 2 saturated heterocycles. The predicted molar refractivity (Wildman–Crippen MR) is 89.2 cm³/mol. The first-order valence-corrected chi connectivity index (χ1v) is 9.91. The Morgan fingerprint density at radius 1 is 1.42 bits per heavy atom. The summed E-state index contributed by atoms with van der Waals surface area (Å²) in [6, 6.07) is 1.13. The van der Waals surface area contributed by atoms with Crippen LogP contribution >= 0.6 is 0 Å². The van der Waals surface area contributed by atoms with Gasteiger partial charge in [-0.25, -0.2) is 13.1 Å². The minimum absolute atomic E-state index is 0.0111. The van der Waals surface area contributed by atoms with Gasteiger partial charge in [-0.15, -0.1) is 0 Å². The number of ether oxygens (including phenoxy) is 1. The minimum Gasteiger partial charge on any atom is -0.381 e. The van der Waals surface area contributed by atoms with Crippen LogP contribution in [0.1, 0.15) is 25.0 Å². The third-order valence-corrected chi connectivity index (χ3v) is 6.05. The van der Waals surface area contributed by atoms with E-state index < -0.39 is 16.1 Å². The van der Waals surface area contributed by atoms with Gasteiger partial charge in [-0.1, -0.05) is 0 Å². The van der Waals surface area contributed by atoms with Crippen molar-refractivity contribution in [3.05, 3.63) is 11.8 Å². The van der Waals surface area contributed by atoms with Gasteiger partial charge >= 0.3 is 0 Å². The van der Waals surface area contributed by atoms with Crippen LogP contribution in [-0.4, -0.2) is 55.7 Å². The molecule has 0 bridgehead atoms. The Morgan fingerprint density at radius 3 is 2.83 bits per heavy atom. The highest BCUT2D eigenvalue weighted by atomic mass is 32.2. The summed E-state index contributed by atoms with van der Waals surface area (Å²) in [7, 11) is -1.73. The molecule has 3 rings (SSSR count). The Morgan fingerprint density at radius 2 is 2.21 bits per heavy atom. The van der Waals surface area contributed by atoms with Gasteiger partial charge in [0.1, 0.15) is 11.9 Å². The SMILES string of the molecule is Cc1cc(N2CCC[C@H](NS(=O)(=O)C[C@H]3CCOC3)C2=O)n(C)n1. The topological polar surface area (TPSA) is 93.5 Å². The number of anilines is 1. The lowest BCUT2D eigenvalue weighted by molar-refractivity contribution is -0.121. The number of amides is 1. The van der Waals surface area contributed by atoms with E-state index in [1.54, 1.807) is 16.6 Å². The molecule has 1 N–H and O–H groups in total. The molecule has 134 valence electrons. The molecule has 2 aliphatic heterocycles. The van der Waals surface area contributed by atoms with E-state index in [1.165, 1.54) is 0 Å². The average molecular weight is 356 g/mol. The minimum atomic E-state index is -3.51. The molecule has 0 unspecified atom stereocenters. The van der Waals surface area contributed by atoms with E-state index >= 15 is 0 Å². The van der Waals surface area contributed by atoms with Crippen LogP contribution in [0, 0.1) is 12.8 Å². The van der Waals surface area contributed by atoms with E-state index in [4.69, 9.17) is 4.74 Å². The number of nitrogens with one attached hydrogen (secondary N) is 1. The highest BCUT2D eigenvalue weighted by Gasteiger charge is 2.35. The van der Waals surface area contributed by atoms with Gasteiger partial charge < -0.3 is 4.74 Å². The van der Waals surface area contributed by atoms with Crippen molar-refractivity contribution < 1.29 is 17.9 Å². The molecule has 0 aliphatic carbocycles. The van der Waals surface area contributed by atoms with Gasteiger partial charge in [0.2, 0.25) is 15.9 Å². The van der Waals surface area contributed by atoms with Crippen molar-refractivity contribution >= 4 is 21.7 Å². The summed E-state index contributed by atoms with van der Waals surface area (Å²) in [4.78, 5) is 14.4. The number of hydrogen-bond donors (Lipinski definition) is 1. The molecular weight excluding hydrogens is 332 g/mol. The molecule has 0 radical (unpaired) electrons. The molecule has 0 spiro atoms. The summed E-state index contributed by atoms with van der Waals surface area (Å²) >= 11 is 0. The molecule has 2 fully saturated rings. The molecule has 1 amide bonds. The lowest BCUT2D eigenvalue weighted by Crippen LogP contribution is -2.53. The third kappa shape index (κ3) is 3.79. The van der Waals surface area contributed by atoms with Crippen LogP contribution in [0.2, 0.25) is 0 Å². The van der Waals surface area contributed by atoms with Crippen LogP contribution in [0.15, 0.2) is 6.07 Å². The molecule has 1 aromatic rings. The first-order chi connectivity index (χ1) is 11.4. The van der Waals surface area contributed by atoms with Gasteiger partial charge in [0.25, 0.3) is 0 Å². The number of aromatic nitrogens is 2. The summed E-state index contributed by atoms with van der Waals surface area (Å²) in [6.07, 6.45) is 2.02. The maximum atomic E-state index is 12.7. The summed E-state index contributed by atoms with van der Waals surface area (Å²) in [6.45, 7) is 3.52. The Balaban J connectivity index is 1.69. The summed E-state index contributed by atoms with van der Waals surface area (Å²) < 4.78 is 34.2. The van der Waals surface area contributed by atoms with E-state index in [0.717, 1.165) is 18.5 Å². The largest absolute Gasteiger partial charge is 0.381 e. The van der Waals surface area contributed by atoms with Crippen molar-refractivity contribution in [1.29, 1.82) is 0 Å². The van der Waals surface area contributed by atoms with Gasteiger partial charge in [0, 0.05) is 26.3 Å². The van der Waals surface area contributed by atoms with Crippen molar-refractivity contribution in [2.24, 2.45) is 13.0 Å². The van der Waals surface area contributed by atoms with Gasteiger partial charge in [0.15, 0.2) is 0 Å². The van der Waals surface area contributed by atoms with Crippen LogP contribution in [0.5, 0.6) is 0 Å². The van der Waals surface area contributed by atoms with Crippen LogP contribution in [0.25, 0.3) is 0 Å². The molecule has 3 heterocycles. The van der Waals surface area contributed by atoms with Crippen LogP contribution in [0.3, 0.4) is 0 Å². The molecule has 9 heteroatoms. The maximum Gasteiger partial charge on any atom is 0.246 e. The van der Waals surface area contributed by atoms with Crippen molar-refractivity contribution in [3.63, 3.8) is 0 Å². The zero-order valence-corrected chi connectivity index (χ0v) is 14.9. The molecule has 0 saturated carbocycles. The first-order valence-electron chi connectivity index (χ1n) is 8.25.